The normalized spacial score (nSPS) is 13.3. The van der Waals surface area contributed by atoms with E-state index in [1.165, 1.54) is 12.1 Å². The van der Waals surface area contributed by atoms with Crippen molar-refractivity contribution in [3.8, 4) is 5.75 Å². The molecule has 1 aliphatic rings. The van der Waals surface area contributed by atoms with Gasteiger partial charge in [-0.2, -0.15) is 0 Å². The quantitative estimate of drug-likeness (QED) is 0.873. The molecule has 0 N–H and O–H groups in total. The molecule has 0 aromatic heterocycles. The van der Waals surface area contributed by atoms with Crippen LogP contribution in [0.5, 0.6) is 5.75 Å². The van der Waals surface area contributed by atoms with E-state index in [0.29, 0.717) is 17.9 Å². The number of nitrogens with zero attached hydrogens (tertiary/aromatic N) is 2. The molecule has 2 aromatic rings. The van der Waals surface area contributed by atoms with Gasteiger partial charge in [-0.05, 0) is 29.8 Å². The van der Waals surface area contributed by atoms with Crippen molar-refractivity contribution in [2.45, 2.75) is 6.54 Å². The van der Waals surface area contributed by atoms with Crippen molar-refractivity contribution in [1.29, 1.82) is 0 Å². The lowest BCUT2D eigenvalue weighted by Crippen LogP contribution is -2.23. The van der Waals surface area contributed by atoms with Gasteiger partial charge in [-0.25, -0.2) is 4.39 Å². The minimum absolute atomic E-state index is 0.186. The van der Waals surface area contributed by atoms with E-state index < -0.39 is 5.82 Å². The first-order valence-electron chi connectivity index (χ1n) is 6.97. The Hall–Kier alpha value is -2.56. The van der Waals surface area contributed by atoms with Gasteiger partial charge in [0.15, 0.2) is 0 Å². The molecule has 3 rings (SSSR count). The zero-order chi connectivity index (χ0) is 15.9. The number of benzene rings is 2. The van der Waals surface area contributed by atoms with E-state index >= 15 is 0 Å². The van der Waals surface area contributed by atoms with Crippen LogP contribution in [-0.4, -0.2) is 27.1 Å². The molecule has 0 bridgehead atoms. The fourth-order valence-corrected chi connectivity index (χ4v) is 2.69. The van der Waals surface area contributed by atoms with Crippen molar-refractivity contribution in [2.24, 2.45) is 0 Å². The van der Waals surface area contributed by atoms with E-state index in [0.717, 1.165) is 16.9 Å². The molecule has 0 saturated heterocycles. The van der Waals surface area contributed by atoms with Crippen molar-refractivity contribution in [3.05, 3.63) is 53.3 Å². The lowest BCUT2D eigenvalue weighted by atomic mass is 10.1. The highest BCUT2D eigenvalue weighted by Crippen LogP contribution is 2.35. The summed E-state index contributed by atoms with van der Waals surface area (Å²) < 4.78 is 18.7. The Labute approximate surface area is 128 Å². The van der Waals surface area contributed by atoms with Crippen molar-refractivity contribution in [2.75, 3.05) is 31.0 Å². The summed E-state index contributed by atoms with van der Waals surface area (Å²) in [5.74, 6) is 0.112. The molecule has 0 fully saturated rings. The van der Waals surface area contributed by atoms with Gasteiger partial charge in [0.25, 0.3) is 5.91 Å². The molecule has 4 nitrogen and oxygen atoms in total. The van der Waals surface area contributed by atoms with Gasteiger partial charge in [0.05, 0.1) is 19.3 Å². The summed E-state index contributed by atoms with van der Waals surface area (Å²) >= 11 is 0. The average Bonchev–Trinajstić information content (AvgIpc) is 2.83. The number of carbonyl (C=O) groups excluding carboxylic acids is 1. The Kier molecular flexibility index (Phi) is 3.48. The second-order valence-electron chi connectivity index (χ2n) is 5.44. The van der Waals surface area contributed by atoms with Crippen LogP contribution in [0.2, 0.25) is 0 Å². The summed E-state index contributed by atoms with van der Waals surface area (Å²) in [5.41, 5.74) is 2.93. The van der Waals surface area contributed by atoms with Crippen LogP contribution in [0.25, 0.3) is 0 Å². The molecule has 0 radical (unpaired) electrons. The molecule has 114 valence electrons. The van der Waals surface area contributed by atoms with Gasteiger partial charge in [-0.1, -0.05) is 6.07 Å². The fourth-order valence-electron chi connectivity index (χ4n) is 2.69. The monoisotopic (exact) mass is 300 g/mol. The summed E-state index contributed by atoms with van der Waals surface area (Å²) in [4.78, 5) is 16.0. The molecular weight excluding hydrogens is 283 g/mol. The summed E-state index contributed by atoms with van der Waals surface area (Å²) in [6.45, 7) is 0.443. The highest BCUT2D eigenvalue weighted by Gasteiger charge is 2.29. The molecule has 0 spiro atoms. The van der Waals surface area contributed by atoms with Gasteiger partial charge in [0, 0.05) is 31.4 Å². The first-order valence-corrected chi connectivity index (χ1v) is 6.97. The third kappa shape index (κ3) is 2.28. The molecule has 0 saturated carbocycles. The highest BCUT2D eigenvalue weighted by atomic mass is 19.1. The zero-order valence-corrected chi connectivity index (χ0v) is 12.8. The molecule has 0 unspecified atom stereocenters. The molecule has 1 amide bonds. The van der Waals surface area contributed by atoms with Crippen LogP contribution < -0.4 is 14.5 Å². The first kappa shape index (κ1) is 14.4. The third-order valence-corrected chi connectivity index (χ3v) is 3.83. The molecule has 22 heavy (non-hydrogen) atoms. The number of hydrogen-bond donors (Lipinski definition) is 0. The maximum absolute atomic E-state index is 13.3. The number of methoxy groups -OCH3 is 1. The SMILES string of the molecule is COc1cc(N2Cc3ccc(F)cc3C2=O)ccc1N(C)C. The largest absolute Gasteiger partial charge is 0.495 e. The van der Waals surface area contributed by atoms with E-state index in [2.05, 4.69) is 0 Å². The van der Waals surface area contributed by atoms with E-state index in [-0.39, 0.29) is 5.91 Å². The molecule has 1 aliphatic heterocycles. The van der Waals surface area contributed by atoms with Crippen molar-refractivity contribution in [3.63, 3.8) is 0 Å². The van der Waals surface area contributed by atoms with Crippen LogP contribution in [0.15, 0.2) is 36.4 Å². The van der Waals surface area contributed by atoms with E-state index in [1.807, 2.05) is 37.2 Å². The van der Waals surface area contributed by atoms with Crippen LogP contribution in [0.4, 0.5) is 15.8 Å². The summed E-state index contributed by atoms with van der Waals surface area (Å²) in [6.07, 6.45) is 0. The average molecular weight is 300 g/mol. The standard InChI is InChI=1S/C17H17FN2O2/c1-19(2)15-7-6-13(9-16(15)22-3)20-10-11-4-5-12(18)8-14(11)17(20)21/h4-9H,10H2,1-3H3. The molecule has 1 heterocycles. The molecule has 2 aromatic carbocycles. The number of fused-ring (bicyclic) bond motifs is 1. The summed E-state index contributed by atoms with van der Waals surface area (Å²) in [6, 6.07) is 9.95. The fraction of sp³-hybridized carbons (Fsp3) is 0.235. The number of halogens is 1. The second kappa shape index (κ2) is 5.33. The molecule has 0 aliphatic carbocycles. The number of amides is 1. The highest BCUT2D eigenvalue weighted by molar-refractivity contribution is 6.10. The third-order valence-electron chi connectivity index (χ3n) is 3.83. The Balaban J connectivity index is 1.98. The lowest BCUT2D eigenvalue weighted by molar-refractivity contribution is 0.0996. The second-order valence-corrected chi connectivity index (χ2v) is 5.44. The number of rotatable bonds is 3. The first-order chi connectivity index (χ1) is 10.5. The maximum atomic E-state index is 13.3. The number of ether oxygens (including phenoxy) is 1. The zero-order valence-electron chi connectivity index (χ0n) is 12.8. The molecule has 5 heteroatoms. The Morgan fingerprint density at radius 1 is 1.18 bits per heavy atom. The predicted octanol–water partition coefficient (Wildman–Crippen LogP) is 3.06. The van der Waals surface area contributed by atoms with Crippen LogP contribution in [0.3, 0.4) is 0 Å². The Bertz CT molecular complexity index is 743. The van der Waals surface area contributed by atoms with Crippen LogP contribution in [0.1, 0.15) is 15.9 Å². The maximum Gasteiger partial charge on any atom is 0.259 e. The molecular formula is C17H17FN2O2. The Morgan fingerprint density at radius 3 is 2.64 bits per heavy atom. The van der Waals surface area contributed by atoms with Crippen molar-refractivity contribution < 1.29 is 13.9 Å². The van der Waals surface area contributed by atoms with Gasteiger partial charge in [0.1, 0.15) is 11.6 Å². The Morgan fingerprint density at radius 2 is 1.95 bits per heavy atom. The van der Waals surface area contributed by atoms with Crippen LogP contribution in [0, 0.1) is 5.82 Å². The summed E-state index contributed by atoms with van der Waals surface area (Å²) in [7, 11) is 5.45. The molecule has 0 atom stereocenters. The smallest absolute Gasteiger partial charge is 0.259 e. The number of hydrogen-bond acceptors (Lipinski definition) is 3. The number of carbonyl (C=O) groups is 1. The van der Waals surface area contributed by atoms with Crippen molar-refractivity contribution in [1.82, 2.24) is 0 Å². The van der Waals surface area contributed by atoms with Gasteiger partial charge >= 0.3 is 0 Å². The number of anilines is 2. The minimum atomic E-state index is -0.394. The van der Waals surface area contributed by atoms with Crippen molar-refractivity contribution >= 4 is 17.3 Å². The summed E-state index contributed by atoms with van der Waals surface area (Å²) in [5, 5.41) is 0. The van der Waals surface area contributed by atoms with Gasteiger partial charge in [-0.3, -0.25) is 4.79 Å². The van der Waals surface area contributed by atoms with Gasteiger partial charge < -0.3 is 14.5 Å². The topological polar surface area (TPSA) is 32.8 Å². The lowest BCUT2D eigenvalue weighted by Gasteiger charge is -2.21. The van der Waals surface area contributed by atoms with Gasteiger partial charge in [0.2, 0.25) is 0 Å². The minimum Gasteiger partial charge on any atom is -0.495 e. The van der Waals surface area contributed by atoms with Gasteiger partial charge in [-0.15, -0.1) is 0 Å². The predicted molar refractivity (Wildman–Crippen MR) is 84.2 cm³/mol. The van der Waals surface area contributed by atoms with Crippen LogP contribution in [-0.2, 0) is 6.54 Å². The van der Waals surface area contributed by atoms with E-state index in [1.54, 1.807) is 18.1 Å². The van der Waals surface area contributed by atoms with Crippen LogP contribution >= 0.6 is 0 Å². The van der Waals surface area contributed by atoms with E-state index in [4.69, 9.17) is 4.74 Å². The van der Waals surface area contributed by atoms with E-state index in [9.17, 15) is 9.18 Å².